The number of hydrogen-bond donors (Lipinski definition) is 1. The molecule has 0 radical (unpaired) electrons. The summed E-state index contributed by atoms with van der Waals surface area (Å²) >= 11 is 7.95. The van der Waals surface area contributed by atoms with Gasteiger partial charge in [-0.1, -0.05) is 11.6 Å². The summed E-state index contributed by atoms with van der Waals surface area (Å²) in [5.74, 6) is 0. The minimum Gasteiger partial charge on any atom is -0.379 e. The molecule has 0 unspecified atom stereocenters. The number of rotatable bonds is 4. The number of benzene rings is 1. The largest absolute Gasteiger partial charge is 0.379 e. The van der Waals surface area contributed by atoms with E-state index in [0.717, 1.165) is 33.6 Å². The van der Waals surface area contributed by atoms with E-state index in [1.807, 2.05) is 49.5 Å². The Bertz CT molecular complexity index is 775. The number of halogens is 1. The Labute approximate surface area is 133 Å². The van der Waals surface area contributed by atoms with E-state index in [9.17, 15) is 0 Å². The lowest BCUT2D eigenvalue weighted by Crippen LogP contribution is -2.09. The van der Waals surface area contributed by atoms with Crippen LogP contribution in [-0.4, -0.2) is 23.5 Å². The average Bonchev–Trinajstić information content (AvgIpc) is 2.97. The van der Waals surface area contributed by atoms with Crippen LogP contribution in [0.25, 0.3) is 4.96 Å². The first kappa shape index (κ1) is 14.2. The molecule has 2 aromatic heterocycles. The van der Waals surface area contributed by atoms with E-state index in [1.54, 1.807) is 11.3 Å². The van der Waals surface area contributed by atoms with Crippen LogP contribution in [0, 0.1) is 6.92 Å². The van der Waals surface area contributed by atoms with Crippen molar-refractivity contribution in [2.45, 2.75) is 13.5 Å². The predicted octanol–water partition coefficient (Wildman–Crippen LogP) is 4.04. The minimum absolute atomic E-state index is 0.724. The number of imidazole rings is 1. The second-order valence-corrected chi connectivity index (χ2v) is 6.39. The van der Waals surface area contributed by atoms with Crippen LogP contribution in [0.2, 0.25) is 5.02 Å². The topological polar surface area (TPSA) is 32.6 Å². The molecule has 1 aromatic carbocycles. The molecule has 0 fully saturated rings. The summed E-state index contributed by atoms with van der Waals surface area (Å²) in [6.07, 6.45) is 2.05. The Hall–Kier alpha value is -1.72. The molecule has 3 aromatic rings. The summed E-state index contributed by atoms with van der Waals surface area (Å²) < 4.78 is 2.13. The van der Waals surface area contributed by atoms with Gasteiger partial charge in [-0.2, -0.15) is 0 Å². The van der Waals surface area contributed by atoms with E-state index in [4.69, 9.17) is 11.6 Å². The number of nitrogens with zero attached hydrogens (tertiary/aromatic N) is 3. The van der Waals surface area contributed by atoms with Crippen molar-refractivity contribution >= 4 is 39.3 Å². The van der Waals surface area contributed by atoms with Crippen molar-refractivity contribution in [3.8, 4) is 0 Å². The fraction of sp³-hybridized carbons (Fsp3) is 0.267. The summed E-state index contributed by atoms with van der Waals surface area (Å²) in [6.45, 7) is 2.76. The predicted molar refractivity (Wildman–Crippen MR) is 90.9 cm³/mol. The van der Waals surface area contributed by atoms with Gasteiger partial charge in [0.15, 0.2) is 4.96 Å². The Morgan fingerprint density at radius 3 is 2.90 bits per heavy atom. The smallest absolute Gasteiger partial charge is 0.194 e. The fourth-order valence-electron chi connectivity index (χ4n) is 2.32. The number of thiazole rings is 1. The lowest BCUT2D eigenvalue weighted by molar-refractivity contribution is 0.994. The van der Waals surface area contributed by atoms with Gasteiger partial charge in [-0.25, -0.2) is 4.98 Å². The van der Waals surface area contributed by atoms with Crippen LogP contribution < -0.4 is 10.2 Å². The van der Waals surface area contributed by atoms with Crippen LogP contribution in [0.15, 0.2) is 29.8 Å². The molecule has 3 rings (SSSR count). The summed E-state index contributed by atoms with van der Waals surface area (Å²) in [4.78, 5) is 7.58. The number of aromatic nitrogens is 2. The van der Waals surface area contributed by atoms with Crippen LogP contribution >= 0.6 is 22.9 Å². The molecule has 0 amide bonds. The van der Waals surface area contributed by atoms with Crippen molar-refractivity contribution < 1.29 is 0 Å². The van der Waals surface area contributed by atoms with Gasteiger partial charge in [0, 0.05) is 31.4 Å². The molecule has 0 aliphatic heterocycles. The standard InChI is InChI=1S/C15H17ClN4S/c1-10-14(20-6-7-21-15(20)18-10)9-17-11-4-5-13(19(2)3)12(16)8-11/h4-8,17H,9H2,1-3H3. The SMILES string of the molecule is Cc1nc2sccn2c1CNc1ccc(N(C)C)c(Cl)c1. The lowest BCUT2D eigenvalue weighted by Gasteiger charge is -2.15. The van der Waals surface area contributed by atoms with E-state index >= 15 is 0 Å². The van der Waals surface area contributed by atoms with Gasteiger partial charge in [-0.15, -0.1) is 11.3 Å². The molecule has 0 aliphatic carbocycles. The van der Waals surface area contributed by atoms with Crippen LogP contribution in [0.5, 0.6) is 0 Å². The van der Waals surface area contributed by atoms with Crippen molar-refractivity contribution in [1.82, 2.24) is 9.38 Å². The molecule has 6 heteroatoms. The molecule has 2 heterocycles. The zero-order valence-electron chi connectivity index (χ0n) is 12.2. The van der Waals surface area contributed by atoms with E-state index in [0.29, 0.717) is 0 Å². The second-order valence-electron chi connectivity index (χ2n) is 5.11. The fourth-order valence-corrected chi connectivity index (χ4v) is 3.45. The molecule has 0 atom stereocenters. The van der Waals surface area contributed by atoms with Gasteiger partial charge in [0.25, 0.3) is 0 Å². The molecule has 0 aliphatic rings. The highest BCUT2D eigenvalue weighted by atomic mass is 35.5. The number of fused-ring (bicyclic) bond motifs is 1. The summed E-state index contributed by atoms with van der Waals surface area (Å²) in [5, 5.41) is 6.21. The molecule has 0 bridgehead atoms. The van der Waals surface area contributed by atoms with E-state index in [1.165, 1.54) is 5.69 Å². The maximum absolute atomic E-state index is 6.30. The molecule has 0 spiro atoms. The highest BCUT2D eigenvalue weighted by Gasteiger charge is 2.09. The normalized spacial score (nSPS) is 11.0. The third-order valence-electron chi connectivity index (χ3n) is 3.45. The average molecular weight is 321 g/mol. The van der Waals surface area contributed by atoms with Crippen molar-refractivity contribution in [1.29, 1.82) is 0 Å². The molecule has 110 valence electrons. The minimum atomic E-state index is 0.724. The summed E-state index contributed by atoms with van der Waals surface area (Å²) in [5.41, 5.74) is 4.27. The van der Waals surface area contributed by atoms with Gasteiger partial charge < -0.3 is 10.2 Å². The second kappa shape index (κ2) is 5.58. The molecule has 21 heavy (non-hydrogen) atoms. The number of anilines is 2. The third kappa shape index (κ3) is 2.71. The van der Waals surface area contributed by atoms with Gasteiger partial charge in [0.05, 0.1) is 28.6 Å². The first-order valence-electron chi connectivity index (χ1n) is 6.68. The van der Waals surface area contributed by atoms with Crippen LogP contribution in [0.1, 0.15) is 11.4 Å². The van der Waals surface area contributed by atoms with Gasteiger partial charge in [-0.3, -0.25) is 4.40 Å². The highest BCUT2D eigenvalue weighted by molar-refractivity contribution is 7.15. The van der Waals surface area contributed by atoms with Crippen LogP contribution in [-0.2, 0) is 6.54 Å². The van der Waals surface area contributed by atoms with Gasteiger partial charge >= 0.3 is 0 Å². The van der Waals surface area contributed by atoms with Gasteiger partial charge in [0.1, 0.15) is 0 Å². The number of nitrogens with one attached hydrogen (secondary N) is 1. The van der Waals surface area contributed by atoms with Crippen molar-refractivity contribution in [3.63, 3.8) is 0 Å². The van der Waals surface area contributed by atoms with Crippen LogP contribution in [0.3, 0.4) is 0 Å². The highest BCUT2D eigenvalue weighted by Crippen LogP contribution is 2.28. The summed E-state index contributed by atoms with van der Waals surface area (Å²) in [7, 11) is 3.97. The molecule has 4 nitrogen and oxygen atoms in total. The molecule has 1 N–H and O–H groups in total. The number of aryl methyl sites for hydroxylation is 1. The zero-order valence-corrected chi connectivity index (χ0v) is 13.8. The first-order chi connectivity index (χ1) is 10.1. The Kier molecular flexibility index (Phi) is 3.78. The van der Waals surface area contributed by atoms with Gasteiger partial charge in [-0.05, 0) is 25.1 Å². The zero-order chi connectivity index (χ0) is 15.0. The molecular weight excluding hydrogens is 304 g/mol. The molecule has 0 saturated heterocycles. The van der Waals surface area contributed by atoms with Crippen molar-refractivity contribution in [2.24, 2.45) is 0 Å². The Balaban J connectivity index is 1.80. The molecule has 0 saturated carbocycles. The third-order valence-corrected chi connectivity index (χ3v) is 4.51. The van der Waals surface area contributed by atoms with E-state index < -0.39 is 0 Å². The quantitative estimate of drug-likeness (QED) is 0.787. The monoisotopic (exact) mass is 320 g/mol. The molecular formula is C15H17ClN4S. The Morgan fingerprint density at radius 2 is 2.19 bits per heavy atom. The Morgan fingerprint density at radius 1 is 1.38 bits per heavy atom. The summed E-state index contributed by atoms with van der Waals surface area (Å²) in [6, 6.07) is 6.02. The van der Waals surface area contributed by atoms with E-state index in [-0.39, 0.29) is 0 Å². The first-order valence-corrected chi connectivity index (χ1v) is 7.94. The van der Waals surface area contributed by atoms with Crippen molar-refractivity contribution in [3.05, 3.63) is 46.2 Å². The number of hydrogen-bond acceptors (Lipinski definition) is 4. The van der Waals surface area contributed by atoms with Gasteiger partial charge in [0.2, 0.25) is 0 Å². The van der Waals surface area contributed by atoms with Crippen LogP contribution in [0.4, 0.5) is 11.4 Å². The maximum atomic E-state index is 6.30. The van der Waals surface area contributed by atoms with E-state index in [2.05, 4.69) is 20.9 Å². The lowest BCUT2D eigenvalue weighted by atomic mass is 10.2. The van der Waals surface area contributed by atoms with Crippen molar-refractivity contribution in [2.75, 3.05) is 24.3 Å². The maximum Gasteiger partial charge on any atom is 0.194 e.